The Hall–Kier alpha value is -2.92. The second-order valence-electron chi connectivity index (χ2n) is 11.1. The average molecular weight is 699 g/mol. The van der Waals surface area contributed by atoms with Crippen LogP contribution in [0.3, 0.4) is 0 Å². The Bertz CT molecular complexity index is 1120. The van der Waals surface area contributed by atoms with Crippen LogP contribution in [0, 0.1) is 24.7 Å². The van der Waals surface area contributed by atoms with Crippen molar-refractivity contribution in [3.63, 3.8) is 0 Å². The Morgan fingerprint density at radius 1 is 0.480 bits per heavy atom. The molecule has 4 rings (SSSR count). The van der Waals surface area contributed by atoms with Crippen LogP contribution in [-0.4, -0.2) is 130 Å². The van der Waals surface area contributed by atoms with Gasteiger partial charge >= 0.3 is 0 Å². The predicted molar refractivity (Wildman–Crippen MR) is 182 cm³/mol. The minimum absolute atomic E-state index is 0.272. The normalized spacial score (nSPS) is 23.6. The van der Waals surface area contributed by atoms with Crippen molar-refractivity contribution in [2.24, 2.45) is 0 Å². The molecule has 2 aromatic carbocycles. The Morgan fingerprint density at radius 2 is 0.820 bits per heavy atom. The first-order chi connectivity index (χ1) is 24.8. The third-order valence-corrected chi connectivity index (χ3v) is 7.56. The lowest BCUT2D eigenvalue weighted by Crippen LogP contribution is -2.57. The van der Waals surface area contributed by atoms with Gasteiger partial charge in [0.1, 0.15) is 37.6 Å². The van der Waals surface area contributed by atoms with E-state index in [0.29, 0.717) is 79.3 Å². The summed E-state index contributed by atoms with van der Waals surface area (Å²) >= 11 is 0. The van der Waals surface area contributed by atoms with Crippen molar-refractivity contribution in [3.05, 3.63) is 71.8 Å². The van der Waals surface area contributed by atoms with Gasteiger partial charge in [0.25, 0.3) is 0 Å². The Morgan fingerprint density at radius 3 is 1.18 bits per heavy atom. The highest BCUT2D eigenvalue weighted by Crippen LogP contribution is 2.36. The first-order valence-corrected chi connectivity index (χ1v) is 17.0. The first kappa shape index (κ1) is 39.9. The molecule has 3 unspecified atom stereocenters. The Kier molecular flexibility index (Phi) is 20.0. The highest BCUT2D eigenvalue weighted by atomic mass is 16.7. The van der Waals surface area contributed by atoms with Crippen LogP contribution in [0.15, 0.2) is 60.7 Å². The molecule has 6 atom stereocenters. The number of rotatable bonds is 25. The molecule has 2 saturated heterocycles. The van der Waals surface area contributed by atoms with Gasteiger partial charge in [0.15, 0.2) is 12.6 Å². The van der Waals surface area contributed by atoms with Gasteiger partial charge in [0, 0.05) is 11.1 Å². The fourth-order valence-electron chi connectivity index (χ4n) is 5.19. The minimum Gasteiger partial charge on any atom is -0.377 e. The Balaban J connectivity index is 1.32. The maximum absolute atomic E-state index is 6.63. The van der Waals surface area contributed by atoms with Crippen LogP contribution in [-0.2, 0) is 56.8 Å². The molecule has 12 nitrogen and oxygen atoms in total. The van der Waals surface area contributed by atoms with Gasteiger partial charge in [-0.25, -0.2) is 0 Å². The number of hydrogen-bond donors (Lipinski definition) is 0. The summed E-state index contributed by atoms with van der Waals surface area (Å²) in [6.07, 6.45) is 7.09. The molecule has 274 valence electrons. The second kappa shape index (κ2) is 25.1. The monoisotopic (exact) mass is 698 g/mol. The molecule has 0 spiro atoms. The van der Waals surface area contributed by atoms with E-state index in [2.05, 4.69) is 11.8 Å². The van der Waals surface area contributed by atoms with Crippen molar-refractivity contribution >= 4 is 0 Å². The summed E-state index contributed by atoms with van der Waals surface area (Å²) in [6.45, 7) is 5.96. The van der Waals surface area contributed by atoms with Gasteiger partial charge < -0.3 is 56.8 Å². The van der Waals surface area contributed by atoms with E-state index in [1.54, 1.807) is 0 Å². The van der Waals surface area contributed by atoms with Crippen LogP contribution in [0.25, 0.3) is 0 Å². The summed E-state index contributed by atoms with van der Waals surface area (Å²) in [4.78, 5) is 0. The molecule has 2 fully saturated rings. The molecule has 0 saturated carbocycles. The molecule has 0 aliphatic carbocycles. The molecule has 50 heavy (non-hydrogen) atoms. The molecular formula is C38H50O12. The zero-order valence-corrected chi connectivity index (χ0v) is 28.6. The van der Waals surface area contributed by atoms with E-state index in [0.717, 1.165) is 11.1 Å². The second-order valence-corrected chi connectivity index (χ2v) is 11.1. The van der Waals surface area contributed by atoms with E-state index in [-0.39, 0.29) is 26.4 Å². The standard InChI is InChI=1S/C38H50O12/c1-3-15-39-17-19-41-21-23-43-25-27-45-33-29-47-37(31-11-7-5-8-12-31)49-35(33)36-34(30-48-38(50-36)32-13-9-6-10-14-32)46-28-26-44-24-22-42-20-18-40-16-4-2/h1-2,5-14,33-38H,15-30H2/t33-,34-,35-,36?,37?,38?/m0/s1. The average Bonchev–Trinajstić information content (AvgIpc) is 3.17. The summed E-state index contributed by atoms with van der Waals surface area (Å²) in [5.41, 5.74) is 1.79. The third kappa shape index (κ3) is 14.7. The summed E-state index contributed by atoms with van der Waals surface area (Å²) in [6, 6.07) is 19.6. The zero-order chi connectivity index (χ0) is 34.9. The number of terminal acetylenes is 2. The van der Waals surface area contributed by atoms with Crippen LogP contribution < -0.4 is 0 Å². The molecule has 0 aromatic heterocycles. The van der Waals surface area contributed by atoms with Crippen LogP contribution >= 0.6 is 0 Å². The van der Waals surface area contributed by atoms with Crippen molar-refractivity contribution in [3.8, 4) is 24.7 Å². The molecule has 12 heteroatoms. The molecule has 0 bridgehead atoms. The minimum atomic E-state index is -0.610. The lowest BCUT2D eigenvalue weighted by molar-refractivity contribution is -0.340. The SMILES string of the molecule is C#CCOCCOCCOCCO[C@H]1COC(c2ccccc2)OC1[C@H]1OC(c2ccccc2)OC[C@@H]1OCCOCCOCCOCC#C. The van der Waals surface area contributed by atoms with Gasteiger partial charge in [-0.2, -0.15) is 0 Å². The fraction of sp³-hybridized carbons (Fsp3) is 0.579. The van der Waals surface area contributed by atoms with Crippen molar-refractivity contribution in [2.75, 3.05) is 106 Å². The Labute approximate surface area is 295 Å². The van der Waals surface area contributed by atoms with Gasteiger partial charge in [-0.3, -0.25) is 0 Å². The van der Waals surface area contributed by atoms with Crippen molar-refractivity contribution in [1.29, 1.82) is 0 Å². The smallest absolute Gasteiger partial charge is 0.184 e. The van der Waals surface area contributed by atoms with Crippen molar-refractivity contribution in [1.82, 2.24) is 0 Å². The van der Waals surface area contributed by atoms with Crippen molar-refractivity contribution in [2.45, 2.75) is 37.0 Å². The van der Waals surface area contributed by atoms with Crippen LogP contribution in [0.1, 0.15) is 23.7 Å². The third-order valence-electron chi connectivity index (χ3n) is 7.56. The van der Waals surface area contributed by atoms with Gasteiger partial charge in [-0.05, 0) is 0 Å². The van der Waals surface area contributed by atoms with Gasteiger partial charge in [0.05, 0.1) is 92.5 Å². The van der Waals surface area contributed by atoms with E-state index in [4.69, 9.17) is 69.7 Å². The summed E-state index contributed by atoms with van der Waals surface area (Å²) < 4.78 is 71.1. The molecule has 2 aliphatic rings. The van der Waals surface area contributed by atoms with E-state index in [9.17, 15) is 0 Å². The number of benzene rings is 2. The van der Waals surface area contributed by atoms with E-state index in [1.165, 1.54) is 0 Å². The maximum Gasteiger partial charge on any atom is 0.184 e. The molecule has 0 radical (unpaired) electrons. The zero-order valence-electron chi connectivity index (χ0n) is 28.6. The van der Waals surface area contributed by atoms with Crippen LogP contribution in [0.2, 0.25) is 0 Å². The lowest BCUT2D eigenvalue weighted by atomic mass is 10.00. The van der Waals surface area contributed by atoms with Crippen molar-refractivity contribution < 1.29 is 56.8 Å². The van der Waals surface area contributed by atoms with Gasteiger partial charge in [-0.15, -0.1) is 12.8 Å². The lowest BCUT2D eigenvalue weighted by Gasteiger charge is -2.45. The van der Waals surface area contributed by atoms with Crippen LogP contribution in [0.5, 0.6) is 0 Å². The quantitative estimate of drug-likeness (QED) is 0.112. The van der Waals surface area contributed by atoms with E-state index < -0.39 is 37.0 Å². The molecule has 0 amide bonds. The topological polar surface area (TPSA) is 111 Å². The molecule has 0 N–H and O–H groups in total. The number of hydrogen-bond acceptors (Lipinski definition) is 12. The highest BCUT2D eigenvalue weighted by molar-refractivity contribution is 5.18. The van der Waals surface area contributed by atoms with Crippen LogP contribution in [0.4, 0.5) is 0 Å². The number of ether oxygens (including phenoxy) is 12. The van der Waals surface area contributed by atoms with E-state index in [1.807, 2.05) is 60.7 Å². The molecule has 2 aromatic rings. The largest absolute Gasteiger partial charge is 0.377 e. The maximum atomic E-state index is 6.63. The molecule has 2 heterocycles. The predicted octanol–water partition coefficient (Wildman–Crippen LogP) is 3.35. The first-order valence-electron chi connectivity index (χ1n) is 17.0. The summed E-state index contributed by atoms with van der Waals surface area (Å²) in [5.74, 6) is 4.84. The summed E-state index contributed by atoms with van der Waals surface area (Å²) in [5, 5.41) is 0. The summed E-state index contributed by atoms with van der Waals surface area (Å²) in [7, 11) is 0. The van der Waals surface area contributed by atoms with E-state index >= 15 is 0 Å². The van der Waals surface area contributed by atoms with Gasteiger partial charge in [-0.1, -0.05) is 72.5 Å². The molecule has 2 aliphatic heterocycles. The fourth-order valence-corrected chi connectivity index (χ4v) is 5.19. The van der Waals surface area contributed by atoms with Gasteiger partial charge in [0.2, 0.25) is 0 Å². The highest BCUT2D eigenvalue weighted by Gasteiger charge is 2.46. The molecular weight excluding hydrogens is 648 g/mol.